The third kappa shape index (κ3) is 24.7. The van der Waals surface area contributed by atoms with Gasteiger partial charge in [-0.2, -0.15) is 0 Å². The maximum absolute atomic E-state index is 14.3. The Kier molecular flexibility index (Phi) is 33.4. The van der Waals surface area contributed by atoms with Gasteiger partial charge in [-0.25, -0.2) is 0 Å². The fraction of sp³-hybridized carbons (Fsp3) is 0.636. The van der Waals surface area contributed by atoms with Gasteiger partial charge in [0.05, 0.1) is 74.0 Å². The number of hydrogen-bond acceptors (Lipinski definition) is 18. The molecule has 0 aliphatic heterocycles. The van der Waals surface area contributed by atoms with E-state index in [0.29, 0.717) is 153 Å². The van der Waals surface area contributed by atoms with Crippen molar-refractivity contribution in [1.82, 2.24) is 41.7 Å². The Labute approximate surface area is 533 Å². The summed E-state index contributed by atoms with van der Waals surface area (Å²) in [5, 5.41) is 18.5. The smallest absolute Gasteiger partial charge is 0.255 e. The van der Waals surface area contributed by atoms with E-state index >= 15 is 0 Å². The van der Waals surface area contributed by atoms with Gasteiger partial charge in [0.2, 0.25) is 0 Å². The molecule has 2 saturated carbocycles. The Hall–Kier alpha value is -6.96. The van der Waals surface area contributed by atoms with Crippen molar-refractivity contribution in [2.24, 2.45) is 22.9 Å². The van der Waals surface area contributed by atoms with Crippen molar-refractivity contribution in [3.8, 4) is 34.5 Å². The van der Waals surface area contributed by atoms with Crippen molar-refractivity contribution in [2.45, 2.75) is 153 Å². The van der Waals surface area contributed by atoms with Crippen molar-refractivity contribution in [2.75, 3.05) is 121 Å². The monoisotopic (exact) mass is 1260 g/mol. The molecule has 0 saturated heterocycles. The average molecular weight is 1260 g/mol. The molecule has 0 aromatic heterocycles. The number of carbonyl (C=O) groups is 6. The molecule has 2 aliphatic rings. The molecule has 5 rings (SSSR count). The summed E-state index contributed by atoms with van der Waals surface area (Å²) in [7, 11) is 10.6. The summed E-state index contributed by atoms with van der Waals surface area (Å²) in [6.07, 6.45) is 14.2. The molecule has 24 nitrogen and oxygen atoms in total. The fourth-order valence-electron chi connectivity index (χ4n) is 10.8. The predicted octanol–water partition coefficient (Wildman–Crippen LogP) is 5.26. The Morgan fingerprint density at radius 3 is 0.822 bits per heavy atom. The normalized spacial score (nSPS) is 16.4. The maximum atomic E-state index is 14.3. The summed E-state index contributed by atoms with van der Waals surface area (Å²) in [6.45, 7) is 5.71. The molecule has 24 heteroatoms. The SMILES string of the molecule is COc1cc(OC)c(C(=O)NC2CCC(NC(=O)c3cc(C(=O)NCCN(C)C)c(OCCCCCN)cc3OCCCCCN)CC2)cc1C(=O)NC1CCC(NC(=O)c2cc(C(=O)NCCN(C)C)c(OCCCCCN)cc2OCCCCCN)CC1. The number of benzene rings is 3. The standard InChI is InChI=1S/C66H106N12O12/c1-77(2)33-31-71-61(79)51-40-53(59(89-37-17-9-13-29-69)43-57(51)87-35-15-7-11-27-67)65(83)75-47-23-19-45(20-24-47)73-63(81)49-39-50(56(86-6)42-55(49)85-5)64(82)74-46-21-25-48(26-22-46)76-66(84)54-41-52(62(80)72-32-34-78(3)4)58(88-36-16-8-12-28-68)44-60(54)90-38-18-10-14-30-70/h39-48H,7-38,67-70H2,1-6H3,(H,71,79)(H,72,80)(H,73,81)(H,74,82)(H,75,83)(H,76,84). The van der Waals surface area contributed by atoms with E-state index in [1.165, 1.54) is 26.4 Å². The topological polar surface area (TPSA) is 341 Å². The summed E-state index contributed by atoms with van der Waals surface area (Å²) in [5.74, 6) is -0.651. The second-order valence-electron chi connectivity index (χ2n) is 23.8. The molecule has 0 bridgehead atoms. The first-order valence-corrected chi connectivity index (χ1v) is 32.6. The van der Waals surface area contributed by atoms with Gasteiger partial charge in [0, 0.05) is 68.5 Å². The summed E-state index contributed by atoms with van der Waals surface area (Å²) < 4.78 is 36.2. The largest absolute Gasteiger partial charge is 0.496 e. The Morgan fingerprint density at radius 2 is 0.589 bits per heavy atom. The number of unbranched alkanes of at least 4 members (excludes halogenated alkanes) is 8. The quantitative estimate of drug-likeness (QED) is 0.0323. The van der Waals surface area contributed by atoms with Gasteiger partial charge < -0.3 is 93.1 Å². The molecule has 90 heavy (non-hydrogen) atoms. The highest BCUT2D eigenvalue weighted by Gasteiger charge is 2.32. The minimum Gasteiger partial charge on any atom is -0.496 e. The first-order chi connectivity index (χ1) is 43.5. The third-order valence-electron chi connectivity index (χ3n) is 16.1. The Morgan fingerprint density at radius 1 is 0.356 bits per heavy atom. The van der Waals surface area contributed by atoms with E-state index in [4.69, 9.17) is 51.4 Å². The number of nitrogens with one attached hydrogen (secondary N) is 6. The predicted molar refractivity (Wildman–Crippen MR) is 350 cm³/mol. The Bertz CT molecular complexity index is 2540. The van der Waals surface area contributed by atoms with Crippen LogP contribution in [0.15, 0.2) is 36.4 Å². The first-order valence-electron chi connectivity index (χ1n) is 32.6. The van der Waals surface area contributed by atoms with Crippen molar-refractivity contribution < 1.29 is 57.2 Å². The van der Waals surface area contributed by atoms with Crippen molar-refractivity contribution >= 4 is 35.4 Å². The van der Waals surface area contributed by atoms with Gasteiger partial charge in [-0.05, 0) is 201 Å². The van der Waals surface area contributed by atoms with E-state index in [1.807, 2.05) is 38.0 Å². The van der Waals surface area contributed by atoms with Gasteiger partial charge in [0.1, 0.15) is 34.5 Å². The van der Waals surface area contributed by atoms with Crippen LogP contribution in [0.3, 0.4) is 0 Å². The molecule has 6 amide bonds. The number of likely N-dealkylation sites (N-methyl/N-ethyl adjacent to an activating group) is 2. The van der Waals surface area contributed by atoms with Gasteiger partial charge in [0.15, 0.2) is 0 Å². The van der Waals surface area contributed by atoms with Crippen LogP contribution in [0.25, 0.3) is 0 Å². The van der Waals surface area contributed by atoms with Gasteiger partial charge in [-0.1, -0.05) is 0 Å². The molecule has 2 aliphatic carbocycles. The van der Waals surface area contributed by atoms with Gasteiger partial charge in [-0.15, -0.1) is 0 Å². The highest BCUT2D eigenvalue weighted by Crippen LogP contribution is 2.35. The molecule has 0 unspecified atom stereocenters. The van der Waals surface area contributed by atoms with Crippen LogP contribution in [-0.2, 0) is 0 Å². The molecule has 0 spiro atoms. The highest BCUT2D eigenvalue weighted by atomic mass is 16.5. The van der Waals surface area contributed by atoms with Gasteiger partial charge in [-0.3, -0.25) is 28.8 Å². The molecule has 3 aromatic rings. The summed E-state index contributed by atoms with van der Waals surface area (Å²) in [4.78, 5) is 88.3. The number of methoxy groups -OCH3 is 2. The molecule has 14 N–H and O–H groups in total. The summed E-state index contributed by atoms with van der Waals surface area (Å²) >= 11 is 0. The molecule has 3 aromatic carbocycles. The maximum Gasteiger partial charge on any atom is 0.255 e. The number of carbonyl (C=O) groups excluding carboxylic acids is 6. The van der Waals surface area contributed by atoms with Crippen molar-refractivity contribution in [1.29, 1.82) is 0 Å². The molecule has 2 fully saturated rings. The van der Waals surface area contributed by atoms with Gasteiger partial charge >= 0.3 is 0 Å². The number of hydrogen-bond donors (Lipinski definition) is 10. The number of rotatable bonds is 42. The van der Waals surface area contributed by atoms with E-state index in [0.717, 1.165) is 77.0 Å². The number of nitrogens with two attached hydrogens (primary N) is 4. The molecule has 0 radical (unpaired) electrons. The highest BCUT2D eigenvalue weighted by molar-refractivity contribution is 6.05. The van der Waals surface area contributed by atoms with E-state index in [2.05, 4.69) is 31.9 Å². The van der Waals surface area contributed by atoms with Gasteiger partial charge in [0.25, 0.3) is 35.4 Å². The lowest BCUT2D eigenvalue weighted by atomic mass is 9.90. The van der Waals surface area contributed by atoms with E-state index < -0.39 is 23.6 Å². The fourth-order valence-corrected chi connectivity index (χ4v) is 10.8. The van der Waals surface area contributed by atoms with Crippen molar-refractivity contribution in [3.63, 3.8) is 0 Å². The zero-order chi connectivity index (χ0) is 65.2. The van der Waals surface area contributed by atoms with E-state index in [-0.39, 0.29) is 80.9 Å². The summed E-state index contributed by atoms with van der Waals surface area (Å²) in [6, 6.07) is 8.43. The number of nitrogens with zero attached hydrogens (tertiary/aromatic N) is 2. The molecule has 0 heterocycles. The third-order valence-corrected chi connectivity index (χ3v) is 16.1. The van der Waals surface area contributed by atoms with Crippen LogP contribution in [0.5, 0.6) is 34.5 Å². The van der Waals surface area contributed by atoms with Crippen molar-refractivity contribution in [3.05, 3.63) is 69.8 Å². The molecular weight excluding hydrogens is 1150 g/mol. The van der Waals surface area contributed by atoms with Crippen LogP contribution in [-0.4, -0.2) is 191 Å². The van der Waals surface area contributed by atoms with Crippen LogP contribution in [0.1, 0.15) is 191 Å². The lowest BCUT2D eigenvalue weighted by Gasteiger charge is -2.30. The number of amides is 6. The lowest BCUT2D eigenvalue weighted by molar-refractivity contribution is 0.0882. The van der Waals surface area contributed by atoms with E-state index in [9.17, 15) is 28.8 Å². The minimum absolute atomic E-state index is 0.153. The second kappa shape index (κ2) is 40.7. The minimum atomic E-state index is -0.434. The first kappa shape index (κ1) is 73.8. The number of ether oxygens (including phenoxy) is 6. The Balaban J connectivity index is 1.23. The molecule has 0 atom stereocenters. The zero-order valence-corrected chi connectivity index (χ0v) is 54.5. The van der Waals surface area contributed by atoms with Crippen LogP contribution in [0.2, 0.25) is 0 Å². The molecular formula is C66H106N12O12. The zero-order valence-electron chi connectivity index (χ0n) is 54.5. The van der Waals surface area contributed by atoms with Crippen LogP contribution >= 0.6 is 0 Å². The van der Waals surface area contributed by atoms with E-state index in [1.54, 1.807) is 24.3 Å². The molecule has 502 valence electrons. The lowest BCUT2D eigenvalue weighted by Crippen LogP contribution is -2.44. The van der Waals surface area contributed by atoms with Crippen LogP contribution in [0, 0.1) is 0 Å². The van der Waals surface area contributed by atoms with Crippen LogP contribution in [0.4, 0.5) is 0 Å². The second-order valence-corrected chi connectivity index (χ2v) is 23.8. The average Bonchev–Trinajstić information content (AvgIpc) is 0.977. The van der Waals surface area contributed by atoms with Crippen LogP contribution < -0.4 is 83.3 Å². The summed E-state index contributed by atoms with van der Waals surface area (Å²) in [5.41, 5.74) is 24.1.